The zero-order valence-corrected chi connectivity index (χ0v) is 11.0. The molecule has 0 saturated heterocycles. The number of Topliss-reactive ketones (excluding diaryl/α,β-unsaturated/α-hetero) is 1. The minimum atomic E-state index is -6.05. The Morgan fingerprint density at radius 3 is 2.05 bits per heavy atom. The molecule has 0 aliphatic heterocycles. The van der Waals surface area contributed by atoms with Gasteiger partial charge in [0.05, 0.1) is 5.88 Å². The van der Waals surface area contributed by atoms with Crippen LogP contribution in [0.4, 0.5) is 22.0 Å². The Bertz CT molecular complexity index is 518. The highest BCUT2D eigenvalue weighted by molar-refractivity contribution is 6.28. The topological polar surface area (TPSA) is 46.2 Å². The van der Waals surface area contributed by atoms with Crippen LogP contribution in [0.25, 0.3) is 0 Å². The summed E-state index contributed by atoms with van der Waals surface area (Å²) in [4.78, 5) is 22.7. The molecular formula is C12H9ClF5NO2. The van der Waals surface area contributed by atoms with Crippen LogP contribution in [0.3, 0.4) is 0 Å². The molecule has 1 rings (SSSR count). The Morgan fingerprint density at radius 1 is 1.10 bits per heavy atom. The van der Waals surface area contributed by atoms with Gasteiger partial charge in [0.1, 0.15) is 6.04 Å². The fourth-order valence-corrected chi connectivity index (χ4v) is 1.58. The predicted octanol–water partition coefficient (Wildman–Crippen LogP) is 2.85. The van der Waals surface area contributed by atoms with Crippen molar-refractivity contribution in [3.05, 3.63) is 35.9 Å². The zero-order valence-electron chi connectivity index (χ0n) is 10.3. The minimum Gasteiger partial charge on any atom is -0.337 e. The van der Waals surface area contributed by atoms with Gasteiger partial charge in [-0.15, -0.1) is 11.6 Å². The van der Waals surface area contributed by atoms with E-state index in [0.29, 0.717) is 0 Å². The maximum atomic E-state index is 12.9. The fourth-order valence-electron chi connectivity index (χ4n) is 1.42. The molecule has 1 aromatic carbocycles. The summed E-state index contributed by atoms with van der Waals surface area (Å²) in [5.41, 5.74) is 0.0504. The lowest BCUT2D eigenvalue weighted by Gasteiger charge is -2.22. The minimum absolute atomic E-state index is 0.0504. The molecule has 0 heterocycles. The Morgan fingerprint density at radius 2 is 1.62 bits per heavy atom. The third kappa shape index (κ3) is 3.90. The first-order valence-electron chi connectivity index (χ1n) is 5.50. The van der Waals surface area contributed by atoms with Gasteiger partial charge in [-0.1, -0.05) is 30.3 Å². The summed E-state index contributed by atoms with van der Waals surface area (Å²) in [6.07, 6.45) is -6.05. The summed E-state index contributed by atoms with van der Waals surface area (Å²) in [6, 6.07) is 5.31. The highest BCUT2D eigenvalue weighted by atomic mass is 35.5. The van der Waals surface area contributed by atoms with Crippen molar-refractivity contribution in [2.75, 3.05) is 5.88 Å². The van der Waals surface area contributed by atoms with E-state index in [-0.39, 0.29) is 5.56 Å². The molecule has 21 heavy (non-hydrogen) atoms. The van der Waals surface area contributed by atoms with Gasteiger partial charge in [0.25, 0.3) is 0 Å². The molecule has 3 nitrogen and oxygen atoms in total. The summed E-state index contributed by atoms with van der Waals surface area (Å²) in [7, 11) is 0. The molecule has 1 atom stereocenters. The number of rotatable bonds is 5. The number of benzene rings is 1. The van der Waals surface area contributed by atoms with Crippen LogP contribution >= 0.6 is 11.6 Å². The highest BCUT2D eigenvalue weighted by Gasteiger charge is 2.63. The van der Waals surface area contributed by atoms with E-state index >= 15 is 0 Å². The quantitative estimate of drug-likeness (QED) is 0.667. The summed E-state index contributed by atoms with van der Waals surface area (Å²) in [6.45, 7) is 0. The van der Waals surface area contributed by atoms with Crippen LogP contribution in [0.15, 0.2) is 30.3 Å². The van der Waals surface area contributed by atoms with E-state index in [1.54, 1.807) is 0 Å². The lowest BCUT2D eigenvalue weighted by Crippen LogP contribution is -2.52. The lowest BCUT2D eigenvalue weighted by molar-refractivity contribution is -0.270. The maximum absolute atomic E-state index is 12.9. The van der Waals surface area contributed by atoms with Gasteiger partial charge in [-0.3, -0.25) is 9.59 Å². The van der Waals surface area contributed by atoms with E-state index in [0.717, 1.165) is 0 Å². The number of hydrogen-bond donors (Lipinski definition) is 1. The van der Waals surface area contributed by atoms with E-state index in [2.05, 4.69) is 0 Å². The van der Waals surface area contributed by atoms with Crippen LogP contribution in [-0.2, 0) is 9.59 Å². The predicted molar refractivity (Wildman–Crippen MR) is 64.1 cm³/mol. The molecular weight excluding hydrogens is 321 g/mol. The normalized spacial score (nSPS) is 13.6. The van der Waals surface area contributed by atoms with Gasteiger partial charge >= 0.3 is 18.0 Å². The van der Waals surface area contributed by atoms with Gasteiger partial charge in [0.2, 0.25) is 0 Å². The van der Waals surface area contributed by atoms with Crippen LogP contribution in [0.1, 0.15) is 11.6 Å². The second-order valence-electron chi connectivity index (χ2n) is 3.99. The number of carbonyl (C=O) groups excluding carboxylic acids is 2. The Kier molecular flexibility index (Phi) is 5.27. The molecule has 9 heteroatoms. The number of ketones is 1. The fraction of sp³-hybridized carbons (Fsp3) is 0.333. The largest absolute Gasteiger partial charge is 0.463 e. The van der Waals surface area contributed by atoms with Crippen molar-refractivity contribution in [2.45, 2.75) is 18.1 Å². The standard InChI is InChI=1S/C12H9ClF5NO2/c13-6-8(20)9(7-4-2-1-3-5-7)19-10(21)11(14,15)12(16,17)18/h1-5,9H,6H2,(H,19,21). The van der Waals surface area contributed by atoms with E-state index in [1.807, 2.05) is 0 Å². The molecule has 0 bridgehead atoms. The van der Waals surface area contributed by atoms with Crippen molar-refractivity contribution < 1.29 is 31.5 Å². The van der Waals surface area contributed by atoms with Crippen molar-refractivity contribution in [3.8, 4) is 0 Å². The van der Waals surface area contributed by atoms with Crippen molar-refractivity contribution in [1.29, 1.82) is 0 Å². The Hall–Kier alpha value is -1.70. The molecule has 1 N–H and O–H groups in total. The van der Waals surface area contributed by atoms with Gasteiger partial charge in [0.15, 0.2) is 5.78 Å². The molecule has 0 aliphatic carbocycles. The SMILES string of the molecule is O=C(CCl)C(NC(=O)C(F)(F)C(F)(F)F)c1ccccc1. The average Bonchev–Trinajstić information content (AvgIpc) is 2.43. The average molecular weight is 330 g/mol. The number of amides is 1. The Balaban J connectivity index is 3.04. The number of halogens is 6. The number of carbonyl (C=O) groups is 2. The van der Waals surface area contributed by atoms with Crippen LogP contribution in [0.2, 0.25) is 0 Å². The molecule has 0 fully saturated rings. The highest BCUT2D eigenvalue weighted by Crippen LogP contribution is 2.36. The number of alkyl halides is 6. The zero-order chi connectivity index (χ0) is 16.3. The first-order chi connectivity index (χ1) is 9.61. The van der Waals surface area contributed by atoms with Gasteiger partial charge in [-0.25, -0.2) is 0 Å². The third-order valence-electron chi connectivity index (χ3n) is 2.50. The van der Waals surface area contributed by atoms with Crippen molar-refractivity contribution in [2.24, 2.45) is 0 Å². The molecule has 0 aliphatic rings. The van der Waals surface area contributed by atoms with Gasteiger partial charge in [-0.2, -0.15) is 22.0 Å². The van der Waals surface area contributed by atoms with E-state index < -0.39 is 35.7 Å². The molecule has 0 saturated carbocycles. The molecule has 1 amide bonds. The van der Waals surface area contributed by atoms with Crippen molar-refractivity contribution in [3.63, 3.8) is 0 Å². The number of hydrogen-bond acceptors (Lipinski definition) is 2. The van der Waals surface area contributed by atoms with Crippen molar-refractivity contribution >= 4 is 23.3 Å². The van der Waals surface area contributed by atoms with Crippen LogP contribution in [0.5, 0.6) is 0 Å². The molecule has 0 spiro atoms. The lowest BCUT2D eigenvalue weighted by atomic mass is 10.0. The molecule has 0 radical (unpaired) electrons. The van der Waals surface area contributed by atoms with E-state index in [4.69, 9.17) is 11.6 Å². The second kappa shape index (κ2) is 6.38. The maximum Gasteiger partial charge on any atom is 0.463 e. The summed E-state index contributed by atoms with van der Waals surface area (Å²) >= 11 is 5.27. The van der Waals surface area contributed by atoms with Crippen molar-refractivity contribution in [1.82, 2.24) is 5.32 Å². The van der Waals surface area contributed by atoms with Crippen LogP contribution in [0, 0.1) is 0 Å². The van der Waals surface area contributed by atoms with E-state index in [9.17, 15) is 31.5 Å². The molecule has 0 aromatic heterocycles. The van der Waals surface area contributed by atoms with E-state index in [1.165, 1.54) is 35.6 Å². The molecule has 1 unspecified atom stereocenters. The monoisotopic (exact) mass is 329 g/mol. The molecule has 1 aromatic rings. The number of nitrogens with one attached hydrogen (secondary N) is 1. The van der Waals surface area contributed by atoms with Gasteiger partial charge in [0, 0.05) is 0 Å². The Labute approximate surface area is 121 Å². The molecule has 116 valence electrons. The summed E-state index contributed by atoms with van der Waals surface area (Å²) < 4.78 is 62.1. The van der Waals surface area contributed by atoms with Gasteiger partial charge in [-0.05, 0) is 5.56 Å². The van der Waals surface area contributed by atoms with Crippen LogP contribution in [-0.4, -0.2) is 29.7 Å². The third-order valence-corrected chi connectivity index (χ3v) is 2.77. The summed E-state index contributed by atoms with van der Waals surface area (Å²) in [5, 5.41) is 1.39. The van der Waals surface area contributed by atoms with Crippen LogP contribution < -0.4 is 5.32 Å². The first kappa shape index (κ1) is 17.4. The van der Waals surface area contributed by atoms with Gasteiger partial charge < -0.3 is 5.32 Å². The first-order valence-corrected chi connectivity index (χ1v) is 6.04. The smallest absolute Gasteiger partial charge is 0.337 e. The summed E-state index contributed by atoms with van der Waals surface area (Å²) in [5.74, 6) is -9.78. The second-order valence-corrected chi connectivity index (χ2v) is 4.26.